The summed E-state index contributed by atoms with van der Waals surface area (Å²) in [7, 11) is -3.33. The Hall–Kier alpha value is -0.430. The van der Waals surface area contributed by atoms with Gasteiger partial charge in [-0.25, -0.2) is 13.1 Å². The maximum Gasteiger partial charge on any atom is 0.241 e. The molecule has 102 valence electrons. The topological polar surface area (TPSA) is 58.2 Å². The molecule has 2 heterocycles. The first kappa shape index (κ1) is 14.0. The van der Waals surface area contributed by atoms with Crippen molar-refractivity contribution in [3.05, 3.63) is 15.8 Å². The lowest BCUT2D eigenvalue weighted by atomic mass is 10.2. The lowest BCUT2D eigenvalue weighted by Gasteiger charge is -2.11. The predicted octanol–water partition coefficient (Wildman–Crippen LogP) is 1.79. The molecule has 0 amide bonds. The second-order valence-corrected chi connectivity index (χ2v) is 7.95. The van der Waals surface area contributed by atoms with Crippen LogP contribution < -0.4 is 10.0 Å². The van der Waals surface area contributed by atoms with Crippen LogP contribution in [0, 0.1) is 13.8 Å². The second kappa shape index (κ2) is 5.69. The molecule has 0 radical (unpaired) electrons. The zero-order valence-electron chi connectivity index (χ0n) is 10.8. The van der Waals surface area contributed by atoms with Crippen LogP contribution in [0.1, 0.15) is 29.0 Å². The fourth-order valence-corrected chi connectivity index (χ4v) is 4.92. The van der Waals surface area contributed by atoms with E-state index in [9.17, 15) is 8.42 Å². The van der Waals surface area contributed by atoms with E-state index in [1.807, 2.05) is 13.8 Å². The van der Waals surface area contributed by atoms with E-state index in [0.717, 1.165) is 29.1 Å². The molecule has 0 saturated carbocycles. The molecule has 1 aromatic rings. The number of sulfonamides is 1. The van der Waals surface area contributed by atoms with Gasteiger partial charge in [0, 0.05) is 22.3 Å². The fraction of sp³-hybridized carbons (Fsp3) is 0.667. The van der Waals surface area contributed by atoms with Crippen LogP contribution in [0.5, 0.6) is 0 Å². The molecule has 1 unspecified atom stereocenters. The molecule has 2 rings (SSSR count). The Morgan fingerprint density at radius 2 is 2.28 bits per heavy atom. The zero-order chi connectivity index (χ0) is 13.2. The molecule has 1 fully saturated rings. The summed E-state index contributed by atoms with van der Waals surface area (Å²) in [6, 6.07) is 2.22. The fourth-order valence-electron chi connectivity index (χ4n) is 2.32. The van der Waals surface area contributed by atoms with E-state index in [1.165, 1.54) is 17.8 Å². The quantitative estimate of drug-likeness (QED) is 0.868. The van der Waals surface area contributed by atoms with Crippen molar-refractivity contribution in [3.8, 4) is 0 Å². The zero-order valence-corrected chi connectivity index (χ0v) is 12.5. The molecular weight excluding hydrogens is 268 g/mol. The van der Waals surface area contributed by atoms with Crippen LogP contribution in [-0.4, -0.2) is 27.5 Å². The molecule has 0 aromatic carbocycles. The van der Waals surface area contributed by atoms with Gasteiger partial charge in [-0.2, -0.15) is 0 Å². The summed E-state index contributed by atoms with van der Waals surface area (Å²) in [6.07, 6.45) is 3.21. The van der Waals surface area contributed by atoms with Gasteiger partial charge in [0.25, 0.3) is 0 Å². The average molecular weight is 288 g/mol. The normalized spacial score (nSPS) is 20.4. The standard InChI is InChI=1S/C12H20N2O2S2/c1-9-8-12(10(2)17-9)18(15,16)14-7-5-11-4-3-6-13-11/h8,11,13-14H,3-7H2,1-2H3. The third-order valence-corrected chi connectivity index (χ3v) is 5.91. The Kier molecular flexibility index (Phi) is 4.42. The Balaban J connectivity index is 1.93. The minimum absolute atomic E-state index is 0.435. The molecule has 0 bridgehead atoms. The summed E-state index contributed by atoms with van der Waals surface area (Å²) < 4.78 is 26.9. The number of nitrogens with one attached hydrogen (secondary N) is 2. The molecule has 0 aliphatic carbocycles. The van der Waals surface area contributed by atoms with Crippen LogP contribution >= 0.6 is 11.3 Å². The number of aryl methyl sites for hydroxylation is 2. The largest absolute Gasteiger partial charge is 0.314 e. The summed E-state index contributed by atoms with van der Waals surface area (Å²) in [5.74, 6) is 0. The van der Waals surface area contributed by atoms with E-state index in [4.69, 9.17) is 0 Å². The summed E-state index contributed by atoms with van der Waals surface area (Å²) >= 11 is 1.52. The van der Waals surface area contributed by atoms with E-state index in [2.05, 4.69) is 10.0 Å². The van der Waals surface area contributed by atoms with Gasteiger partial charge in [-0.1, -0.05) is 0 Å². The van der Waals surface area contributed by atoms with Gasteiger partial charge in [-0.05, 0) is 45.7 Å². The highest BCUT2D eigenvalue weighted by molar-refractivity contribution is 7.89. The average Bonchev–Trinajstić information content (AvgIpc) is 2.88. The van der Waals surface area contributed by atoms with Crippen LogP contribution in [0.25, 0.3) is 0 Å². The Bertz CT molecular complexity index is 502. The van der Waals surface area contributed by atoms with Crippen molar-refractivity contribution >= 4 is 21.4 Å². The van der Waals surface area contributed by atoms with Gasteiger partial charge in [-0.15, -0.1) is 11.3 Å². The van der Waals surface area contributed by atoms with Crippen molar-refractivity contribution < 1.29 is 8.42 Å². The molecule has 1 atom stereocenters. The Morgan fingerprint density at radius 1 is 1.50 bits per heavy atom. The first-order chi connectivity index (χ1) is 8.49. The SMILES string of the molecule is Cc1cc(S(=O)(=O)NCCC2CCCN2)c(C)s1. The van der Waals surface area contributed by atoms with Gasteiger partial charge < -0.3 is 5.32 Å². The minimum atomic E-state index is -3.33. The number of hydrogen-bond donors (Lipinski definition) is 2. The van der Waals surface area contributed by atoms with Crippen LogP contribution in [0.3, 0.4) is 0 Å². The van der Waals surface area contributed by atoms with Crippen LogP contribution in [0.15, 0.2) is 11.0 Å². The van der Waals surface area contributed by atoms with Crippen molar-refractivity contribution in [1.82, 2.24) is 10.0 Å². The molecular formula is C12H20N2O2S2. The summed E-state index contributed by atoms with van der Waals surface area (Å²) in [4.78, 5) is 2.33. The third kappa shape index (κ3) is 3.32. The molecule has 1 saturated heterocycles. The summed E-state index contributed by atoms with van der Waals surface area (Å²) in [5, 5.41) is 3.37. The van der Waals surface area contributed by atoms with Gasteiger partial charge in [-0.3, -0.25) is 0 Å². The molecule has 1 aliphatic rings. The van der Waals surface area contributed by atoms with E-state index in [0.29, 0.717) is 17.5 Å². The van der Waals surface area contributed by atoms with Gasteiger partial charge in [0.1, 0.15) is 0 Å². The van der Waals surface area contributed by atoms with Crippen molar-refractivity contribution in [1.29, 1.82) is 0 Å². The predicted molar refractivity (Wildman–Crippen MR) is 74.6 cm³/mol. The second-order valence-electron chi connectivity index (χ2n) is 4.76. The van der Waals surface area contributed by atoms with Crippen molar-refractivity contribution in [2.24, 2.45) is 0 Å². The van der Waals surface area contributed by atoms with Crippen molar-refractivity contribution in [2.75, 3.05) is 13.1 Å². The highest BCUT2D eigenvalue weighted by Gasteiger charge is 2.20. The molecule has 18 heavy (non-hydrogen) atoms. The van der Waals surface area contributed by atoms with Gasteiger partial charge in [0.05, 0.1) is 4.90 Å². The Morgan fingerprint density at radius 3 is 2.83 bits per heavy atom. The summed E-state index contributed by atoms with van der Waals surface area (Å²) in [6.45, 7) is 5.35. The van der Waals surface area contributed by atoms with E-state index >= 15 is 0 Å². The van der Waals surface area contributed by atoms with Crippen LogP contribution in [-0.2, 0) is 10.0 Å². The molecule has 1 aliphatic heterocycles. The molecule has 1 aromatic heterocycles. The number of rotatable bonds is 5. The highest BCUT2D eigenvalue weighted by Crippen LogP contribution is 2.24. The first-order valence-corrected chi connectivity index (χ1v) is 8.59. The van der Waals surface area contributed by atoms with E-state index < -0.39 is 10.0 Å². The number of thiophene rings is 1. The van der Waals surface area contributed by atoms with E-state index in [1.54, 1.807) is 6.07 Å². The summed E-state index contributed by atoms with van der Waals surface area (Å²) in [5.41, 5.74) is 0. The maximum absolute atomic E-state index is 12.1. The van der Waals surface area contributed by atoms with Gasteiger partial charge >= 0.3 is 0 Å². The number of hydrogen-bond acceptors (Lipinski definition) is 4. The van der Waals surface area contributed by atoms with Gasteiger partial charge in [0.2, 0.25) is 10.0 Å². The lowest BCUT2D eigenvalue weighted by Crippen LogP contribution is -2.30. The monoisotopic (exact) mass is 288 g/mol. The van der Waals surface area contributed by atoms with Crippen LogP contribution in [0.2, 0.25) is 0 Å². The molecule has 6 heteroatoms. The van der Waals surface area contributed by atoms with Gasteiger partial charge in [0.15, 0.2) is 0 Å². The molecule has 2 N–H and O–H groups in total. The van der Waals surface area contributed by atoms with Crippen molar-refractivity contribution in [2.45, 2.75) is 44.0 Å². The molecule has 0 spiro atoms. The van der Waals surface area contributed by atoms with Crippen LogP contribution in [0.4, 0.5) is 0 Å². The lowest BCUT2D eigenvalue weighted by molar-refractivity contribution is 0.539. The highest BCUT2D eigenvalue weighted by atomic mass is 32.2. The maximum atomic E-state index is 12.1. The third-order valence-electron chi connectivity index (χ3n) is 3.23. The minimum Gasteiger partial charge on any atom is -0.314 e. The smallest absolute Gasteiger partial charge is 0.241 e. The van der Waals surface area contributed by atoms with E-state index in [-0.39, 0.29) is 0 Å². The molecule has 4 nitrogen and oxygen atoms in total. The first-order valence-electron chi connectivity index (χ1n) is 6.29. The van der Waals surface area contributed by atoms with Crippen molar-refractivity contribution in [3.63, 3.8) is 0 Å². The Labute approximate surface area is 113 Å².